The summed E-state index contributed by atoms with van der Waals surface area (Å²) in [5.41, 5.74) is 29.7. The number of para-hydroxylation sites is 7. The van der Waals surface area contributed by atoms with E-state index in [1.807, 2.05) is 0 Å². The van der Waals surface area contributed by atoms with Crippen molar-refractivity contribution in [3.05, 3.63) is 212 Å². The first-order chi connectivity index (χ1) is 46.6. The van der Waals surface area contributed by atoms with Gasteiger partial charge in [0.05, 0.1) is 6.04 Å². The van der Waals surface area contributed by atoms with Gasteiger partial charge in [0.1, 0.15) is 31.0 Å². The summed E-state index contributed by atoms with van der Waals surface area (Å²) in [6, 6.07) is 53.2. The molecule has 3 aliphatic rings. The van der Waals surface area contributed by atoms with Crippen LogP contribution in [0.5, 0.6) is 0 Å². The van der Waals surface area contributed by atoms with Crippen LogP contribution in [0.15, 0.2) is 212 Å². The lowest BCUT2D eigenvalue weighted by Gasteiger charge is -2.50. The Labute approximate surface area is 549 Å². The molecule has 3 fully saturated rings. The van der Waals surface area contributed by atoms with Gasteiger partial charge in [-0.3, -0.25) is 37.2 Å². The van der Waals surface area contributed by atoms with Crippen LogP contribution < -0.4 is 60.2 Å². The largest absolute Gasteiger partial charge is 0.446 e. The summed E-state index contributed by atoms with van der Waals surface area (Å²) >= 11 is 0. The molecule has 7 aromatic rings. The van der Waals surface area contributed by atoms with Crippen LogP contribution in [0.2, 0.25) is 0 Å². The quantitative estimate of drug-likeness (QED) is 0.0318. The maximum atomic E-state index is 14.5. The molecule has 2 saturated heterocycles. The number of anilines is 7. The lowest BCUT2D eigenvalue weighted by Crippen LogP contribution is -2.70. The number of hydrogen-bond acceptors (Lipinski definition) is 22. The second-order valence-electron chi connectivity index (χ2n) is 21.9. The average Bonchev–Trinajstić information content (AvgIpc) is 0.772. The molecule has 29 heteroatoms. The summed E-state index contributed by atoms with van der Waals surface area (Å²) in [5, 5.41) is 18.3. The van der Waals surface area contributed by atoms with E-state index in [2.05, 4.69) is 37.2 Å². The molecule has 10 rings (SSSR count). The van der Waals surface area contributed by atoms with E-state index < -0.39 is 148 Å². The predicted octanol–water partition coefficient (Wildman–Crippen LogP) is 8.50. The van der Waals surface area contributed by atoms with Crippen molar-refractivity contribution in [1.82, 2.24) is 0 Å². The topological polar surface area (TPSA) is 409 Å². The molecule has 0 radical (unpaired) electrons. The average molecular weight is 1320 g/mol. The second-order valence-corrected chi connectivity index (χ2v) is 21.9. The highest BCUT2D eigenvalue weighted by Crippen LogP contribution is 2.37. The Morgan fingerprint density at radius 3 is 0.917 bits per heavy atom. The van der Waals surface area contributed by atoms with Crippen LogP contribution in [0.25, 0.3) is 0 Å². The molecule has 96 heavy (non-hydrogen) atoms. The fraction of sp³-hybridized carbons (Fsp3) is 0.269. The Balaban J connectivity index is 1.03. The molecule has 2 heterocycles. The van der Waals surface area contributed by atoms with Crippen LogP contribution >= 0.6 is 0 Å². The normalized spacial score (nSPS) is 25.1. The van der Waals surface area contributed by atoms with Gasteiger partial charge in [-0.15, -0.1) is 0 Å². The summed E-state index contributed by atoms with van der Waals surface area (Å²) in [7, 11) is 0. The van der Waals surface area contributed by atoms with Crippen LogP contribution in [0.1, 0.15) is 6.42 Å². The van der Waals surface area contributed by atoms with E-state index in [0.717, 1.165) is 0 Å². The number of hydrogen-bond donors (Lipinski definition) is 11. The minimum Gasteiger partial charge on any atom is -0.446 e. The van der Waals surface area contributed by atoms with Gasteiger partial charge in [-0.25, -0.2) is 33.6 Å². The fourth-order valence-corrected chi connectivity index (χ4v) is 10.7. The number of amides is 7. The van der Waals surface area contributed by atoms with Crippen LogP contribution in [0.3, 0.4) is 0 Å². The van der Waals surface area contributed by atoms with Gasteiger partial charge in [-0.1, -0.05) is 127 Å². The standard InChI is InChI=1S/C67H71N11O18/c68-37-48-54(92-63(81)74-41-26-12-3-13-27-41)57(95-66(84)77-44-32-18-6-19-33-44)58(96-67(85)78-45-34-20-7-21-35-45)60(87-48)90-52-47(70)36-46(69)51(56(52)94-65(83)76-43-30-16-5-17-31-43)89-59-55(93-64(82)75-42-28-14-4-15-29-42)50(71)53(91-62(80)73-40-24-10-2-11-25-40)49(88-59)38-86-61(79)72-39-22-8-1-9-23-39/h1-35,46-60H,36-38,68-71H2,(H,72,79)(H,73,80)(H,74,81)(H,75,82)(H,76,83)(H,77,84)(H,78,85)/t46-,47+,48+,49+,50-,51+,52-,53+,54+,55+,56-,57-,58+,59+,60?/m0/s1. The van der Waals surface area contributed by atoms with Crippen molar-refractivity contribution in [3.63, 3.8) is 0 Å². The van der Waals surface area contributed by atoms with Crippen molar-refractivity contribution in [1.29, 1.82) is 0 Å². The molecule has 0 bridgehead atoms. The lowest BCUT2D eigenvalue weighted by atomic mass is 9.84. The molecule has 1 saturated carbocycles. The SMILES string of the molecule is NC[C@H]1OC(O[C@@H]2[C@@H](OC(=O)Nc3ccccc3)[C@H](O[C@H]3O[C@H](COC(=O)Nc4ccccc4)[C@@H](OC(=O)Nc4ccccc4)[C@H](N)[C@H]3OC(=O)Nc3ccccc3)[C@@H](N)C[C@H]2N)[C@H](OC(=O)Nc2ccccc2)[C@@H](OC(=O)Nc2ccccc2)[C@@H]1OC(=O)Nc1ccccc1. The summed E-state index contributed by atoms with van der Waals surface area (Å²) in [6.07, 6.45) is -28.8. The number of benzene rings is 7. The summed E-state index contributed by atoms with van der Waals surface area (Å²) < 4.78 is 69.2. The third-order valence-corrected chi connectivity index (χ3v) is 15.1. The number of nitrogens with two attached hydrogens (primary N) is 4. The van der Waals surface area contributed by atoms with Gasteiger partial charge < -0.3 is 75.0 Å². The Hall–Kier alpha value is -10.9. The lowest BCUT2D eigenvalue weighted by molar-refractivity contribution is -0.328. The number of carbonyl (C=O) groups is 7. The van der Waals surface area contributed by atoms with Crippen molar-refractivity contribution in [3.8, 4) is 0 Å². The molecule has 15 atom stereocenters. The summed E-state index contributed by atoms with van der Waals surface area (Å²) in [6.45, 7) is -1.17. The zero-order chi connectivity index (χ0) is 67.3. The van der Waals surface area contributed by atoms with Gasteiger partial charge in [-0.2, -0.15) is 0 Å². The van der Waals surface area contributed by atoms with Crippen molar-refractivity contribution in [2.45, 2.75) is 98.2 Å². The van der Waals surface area contributed by atoms with Crippen LogP contribution in [-0.2, 0) is 52.1 Å². The molecule has 7 aromatic carbocycles. The van der Waals surface area contributed by atoms with Gasteiger partial charge in [0, 0.05) is 58.4 Å². The number of carbonyl (C=O) groups excluding carboxylic acids is 7. The van der Waals surface area contributed by atoms with E-state index in [1.54, 1.807) is 212 Å². The first-order valence-electron chi connectivity index (χ1n) is 30.4. The molecule has 0 spiro atoms. The van der Waals surface area contributed by atoms with Crippen molar-refractivity contribution in [2.24, 2.45) is 22.9 Å². The first kappa shape index (κ1) is 68.0. The molecule has 29 nitrogen and oxygen atoms in total. The van der Waals surface area contributed by atoms with Crippen LogP contribution in [-0.4, -0.2) is 148 Å². The van der Waals surface area contributed by atoms with E-state index in [1.165, 1.54) is 0 Å². The van der Waals surface area contributed by atoms with E-state index in [-0.39, 0.29) is 29.2 Å². The van der Waals surface area contributed by atoms with E-state index in [0.29, 0.717) is 17.1 Å². The Morgan fingerprint density at radius 2 is 0.583 bits per heavy atom. The summed E-state index contributed by atoms with van der Waals surface area (Å²) in [5.74, 6) is 0. The maximum absolute atomic E-state index is 14.5. The summed E-state index contributed by atoms with van der Waals surface area (Å²) in [4.78, 5) is 98.3. The highest BCUT2D eigenvalue weighted by molar-refractivity contribution is 5.88. The van der Waals surface area contributed by atoms with Gasteiger partial charge in [-0.05, 0) is 91.3 Å². The zero-order valence-electron chi connectivity index (χ0n) is 51.1. The molecule has 2 aliphatic heterocycles. The van der Waals surface area contributed by atoms with E-state index >= 15 is 0 Å². The van der Waals surface area contributed by atoms with Crippen LogP contribution in [0.4, 0.5) is 73.4 Å². The van der Waals surface area contributed by atoms with E-state index in [4.69, 9.17) is 75.0 Å². The van der Waals surface area contributed by atoms with Crippen molar-refractivity contribution < 1.29 is 85.7 Å². The van der Waals surface area contributed by atoms with Gasteiger partial charge in [0.25, 0.3) is 0 Å². The Bertz CT molecular complexity index is 3660. The molecule has 15 N–H and O–H groups in total. The smallest absolute Gasteiger partial charge is 0.412 e. The molecule has 7 amide bonds. The molecular weight excluding hydrogens is 1250 g/mol. The third kappa shape index (κ3) is 18.9. The first-order valence-corrected chi connectivity index (χ1v) is 30.4. The number of rotatable bonds is 20. The third-order valence-electron chi connectivity index (χ3n) is 15.1. The maximum Gasteiger partial charge on any atom is 0.412 e. The molecule has 502 valence electrons. The zero-order valence-corrected chi connectivity index (χ0v) is 51.1. The van der Waals surface area contributed by atoms with Crippen LogP contribution in [0, 0.1) is 0 Å². The molecule has 0 aromatic heterocycles. The van der Waals surface area contributed by atoms with E-state index in [9.17, 15) is 33.6 Å². The molecule has 1 aliphatic carbocycles. The monoisotopic (exact) mass is 1320 g/mol. The minimum atomic E-state index is -1.96. The highest BCUT2D eigenvalue weighted by atomic mass is 16.8. The number of ether oxygens (including phenoxy) is 11. The number of nitrogens with one attached hydrogen (secondary N) is 7. The van der Waals surface area contributed by atoms with Gasteiger partial charge in [0.15, 0.2) is 49.2 Å². The Morgan fingerprint density at radius 1 is 0.323 bits per heavy atom. The van der Waals surface area contributed by atoms with Crippen molar-refractivity contribution in [2.75, 3.05) is 50.4 Å². The van der Waals surface area contributed by atoms with Gasteiger partial charge >= 0.3 is 42.7 Å². The fourth-order valence-electron chi connectivity index (χ4n) is 10.7. The Kier molecular flexibility index (Phi) is 23.6. The predicted molar refractivity (Wildman–Crippen MR) is 348 cm³/mol. The second kappa shape index (κ2) is 33.3. The molecular formula is C67H71N11O18. The van der Waals surface area contributed by atoms with Crippen molar-refractivity contribution >= 4 is 82.5 Å². The highest BCUT2D eigenvalue weighted by Gasteiger charge is 2.58. The molecule has 1 unspecified atom stereocenters. The van der Waals surface area contributed by atoms with Gasteiger partial charge in [0.2, 0.25) is 0 Å². The minimum absolute atomic E-state index is 0.246.